The first-order chi connectivity index (χ1) is 2.50. The molecule has 0 unspecified atom stereocenters. The van der Waals surface area contributed by atoms with Crippen LogP contribution in [-0.2, 0) is 0 Å². The zero-order valence-corrected chi connectivity index (χ0v) is 6.76. The molecule has 1 aliphatic carbocycles. The molecule has 1 aliphatic rings. The molecule has 0 saturated heterocycles. The molecule has 1 saturated carbocycles. The van der Waals surface area contributed by atoms with E-state index in [0.717, 1.165) is 0 Å². The Bertz CT molecular complexity index is 15.5. The SMILES string of the molecule is [CH]1[CH][CH][CH][CH]1.[In]. The Morgan fingerprint density at radius 2 is 0.667 bits per heavy atom. The summed E-state index contributed by atoms with van der Waals surface area (Å²) in [4.78, 5) is 0. The second kappa shape index (κ2) is 4.04. The zero-order chi connectivity index (χ0) is 3.54. The van der Waals surface area contributed by atoms with E-state index in [1.807, 2.05) is 32.1 Å². The van der Waals surface area contributed by atoms with Gasteiger partial charge < -0.3 is 0 Å². The molecule has 1 fully saturated rings. The minimum absolute atomic E-state index is 0. The maximum Gasteiger partial charge on any atom is 0 e. The van der Waals surface area contributed by atoms with E-state index in [0.29, 0.717) is 0 Å². The van der Waals surface area contributed by atoms with Crippen molar-refractivity contribution in [2.45, 2.75) is 0 Å². The van der Waals surface area contributed by atoms with Crippen molar-refractivity contribution >= 4 is 25.8 Å². The maximum absolute atomic E-state index is 2.00. The Balaban J connectivity index is 0.000000250. The Morgan fingerprint density at radius 1 is 0.500 bits per heavy atom. The fourth-order valence-electron chi connectivity index (χ4n) is 0.321. The van der Waals surface area contributed by atoms with E-state index in [-0.39, 0.29) is 25.8 Å². The van der Waals surface area contributed by atoms with E-state index < -0.39 is 0 Å². The van der Waals surface area contributed by atoms with E-state index in [9.17, 15) is 0 Å². The summed E-state index contributed by atoms with van der Waals surface area (Å²) >= 11 is 0. The molecule has 0 N–H and O–H groups in total. The maximum atomic E-state index is 2.00. The average molecular weight is 180 g/mol. The summed E-state index contributed by atoms with van der Waals surface area (Å²) in [5.41, 5.74) is 0. The van der Waals surface area contributed by atoms with Crippen molar-refractivity contribution < 1.29 is 0 Å². The molecule has 6 heavy (non-hydrogen) atoms. The third-order valence-corrected chi connectivity index (χ3v) is 0.556. The smallest absolute Gasteiger partial charge is 0 e. The quantitative estimate of drug-likeness (QED) is 0.513. The third kappa shape index (κ3) is 2.12. The molecule has 1 rings (SSSR count). The predicted molar refractivity (Wildman–Crippen MR) is 27.3 cm³/mol. The van der Waals surface area contributed by atoms with Gasteiger partial charge in [0.15, 0.2) is 0 Å². The van der Waals surface area contributed by atoms with Crippen molar-refractivity contribution in [1.82, 2.24) is 0 Å². The molecule has 0 amide bonds. The van der Waals surface area contributed by atoms with E-state index in [4.69, 9.17) is 0 Å². The van der Waals surface area contributed by atoms with Crippen molar-refractivity contribution in [1.29, 1.82) is 0 Å². The van der Waals surface area contributed by atoms with Gasteiger partial charge in [-0.3, -0.25) is 0 Å². The van der Waals surface area contributed by atoms with Crippen LogP contribution in [0.15, 0.2) is 0 Å². The van der Waals surface area contributed by atoms with Crippen molar-refractivity contribution in [2.75, 3.05) is 0 Å². The van der Waals surface area contributed by atoms with Crippen LogP contribution < -0.4 is 0 Å². The van der Waals surface area contributed by atoms with Crippen molar-refractivity contribution in [3.8, 4) is 0 Å². The van der Waals surface area contributed by atoms with Gasteiger partial charge in [0.25, 0.3) is 0 Å². The van der Waals surface area contributed by atoms with Crippen molar-refractivity contribution in [3.05, 3.63) is 32.1 Å². The summed E-state index contributed by atoms with van der Waals surface area (Å²) in [5.74, 6) is 0. The van der Waals surface area contributed by atoms with E-state index in [1.165, 1.54) is 0 Å². The molecule has 0 aromatic carbocycles. The van der Waals surface area contributed by atoms with Gasteiger partial charge in [0, 0.05) is 25.8 Å². The largest absolute Gasteiger partial charge is 0.0312 e. The average Bonchev–Trinajstić information content (AvgIpc) is 1.76. The summed E-state index contributed by atoms with van der Waals surface area (Å²) in [6.07, 6.45) is 10.0. The first kappa shape index (κ1) is 6.87. The molecule has 0 atom stereocenters. The van der Waals surface area contributed by atoms with Gasteiger partial charge in [-0.15, -0.1) is 0 Å². The molecule has 0 aliphatic heterocycles. The molecular formula is C5H5In. The van der Waals surface area contributed by atoms with E-state index in [1.54, 1.807) is 0 Å². The van der Waals surface area contributed by atoms with Crippen LogP contribution >= 0.6 is 0 Å². The number of hydrogen-bond acceptors (Lipinski definition) is 0. The van der Waals surface area contributed by atoms with Gasteiger partial charge in [0.05, 0.1) is 0 Å². The van der Waals surface area contributed by atoms with Gasteiger partial charge >= 0.3 is 0 Å². The minimum Gasteiger partial charge on any atom is -0.0312 e. The molecule has 1 heteroatoms. The van der Waals surface area contributed by atoms with Gasteiger partial charge in [0.2, 0.25) is 0 Å². The first-order valence-electron chi connectivity index (χ1n) is 1.67. The standard InChI is InChI=1S/C5H5.In/c1-2-4-5-3-1;/h1-5H;. The zero-order valence-electron chi connectivity index (χ0n) is 3.46. The van der Waals surface area contributed by atoms with Crippen LogP contribution in [0.3, 0.4) is 0 Å². The Labute approximate surface area is 58.1 Å². The van der Waals surface area contributed by atoms with Crippen LogP contribution in [0.5, 0.6) is 0 Å². The summed E-state index contributed by atoms with van der Waals surface area (Å²) < 4.78 is 0. The van der Waals surface area contributed by atoms with Crippen LogP contribution in [0.4, 0.5) is 0 Å². The monoisotopic (exact) mass is 180 g/mol. The van der Waals surface area contributed by atoms with Gasteiger partial charge in [-0.25, -0.2) is 0 Å². The van der Waals surface area contributed by atoms with Crippen LogP contribution in [0.2, 0.25) is 0 Å². The van der Waals surface area contributed by atoms with Crippen molar-refractivity contribution in [2.24, 2.45) is 0 Å². The molecule has 28 valence electrons. The van der Waals surface area contributed by atoms with Gasteiger partial charge in [-0.2, -0.15) is 0 Å². The van der Waals surface area contributed by atoms with Crippen LogP contribution in [0, 0.1) is 32.1 Å². The molecule has 0 heterocycles. The van der Waals surface area contributed by atoms with Gasteiger partial charge in [0.1, 0.15) is 0 Å². The van der Waals surface area contributed by atoms with E-state index in [2.05, 4.69) is 0 Å². The number of hydrogen-bond donors (Lipinski definition) is 0. The van der Waals surface area contributed by atoms with Gasteiger partial charge in [-0.05, 0) is 32.1 Å². The molecule has 0 spiro atoms. The Kier molecular flexibility index (Phi) is 4.63. The molecule has 8 radical (unpaired) electrons. The van der Waals surface area contributed by atoms with Crippen molar-refractivity contribution in [3.63, 3.8) is 0 Å². The topological polar surface area (TPSA) is 0 Å². The summed E-state index contributed by atoms with van der Waals surface area (Å²) in [6.45, 7) is 0. The normalized spacial score (nSPS) is 20.0. The fraction of sp³-hybridized carbons (Fsp3) is 0. The third-order valence-electron chi connectivity index (χ3n) is 0.556. The second-order valence-corrected chi connectivity index (χ2v) is 0.962. The fourth-order valence-corrected chi connectivity index (χ4v) is 0.321. The first-order valence-corrected chi connectivity index (χ1v) is 1.67. The molecule has 0 bridgehead atoms. The molecule has 0 nitrogen and oxygen atoms in total. The molecular weight excluding hydrogens is 175 g/mol. The van der Waals surface area contributed by atoms with Gasteiger partial charge in [-0.1, -0.05) is 0 Å². The van der Waals surface area contributed by atoms with Crippen LogP contribution in [0.25, 0.3) is 0 Å². The predicted octanol–water partition coefficient (Wildman–Crippen LogP) is 0.641. The van der Waals surface area contributed by atoms with Crippen LogP contribution in [0.1, 0.15) is 0 Å². The molecule has 0 aromatic rings. The Hall–Kier alpha value is 0.870. The summed E-state index contributed by atoms with van der Waals surface area (Å²) in [6, 6.07) is 0. The summed E-state index contributed by atoms with van der Waals surface area (Å²) in [7, 11) is 0. The molecule has 0 aromatic heterocycles. The van der Waals surface area contributed by atoms with Crippen LogP contribution in [-0.4, -0.2) is 25.8 Å². The Morgan fingerprint density at radius 3 is 0.833 bits per heavy atom. The van der Waals surface area contributed by atoms with E-state index >= 15 is 0 Å². The summed E-state index contributed by atoms with van der Waals surface area (Å²) in [5, 5.41) is 0. The second-order valence-electron chi connectivity index (χ2n) is 0.962. The minimum atomic E-state index is 0. The number of rotatable bonds is 0.